The third-order valence-electron chi connectivity index (χ3n) is 6.38. The Morgan fingerprint density at radius 1 is 0.889 bits per heavy atom. The van der Waals surface area contributed by atoms with Gasteiger partial charge in [0.1, 0.15) is 11.5 Å². The van der Waals surface area contributed by atoms with E-state index in [1.807, 2.05) is 32.9 Å². The van der Waals surface area contributed by atoms with Crippen LogP contribution >= 0.6 is 0 Å². The van der Waals surface area contributed by atoms with Crippen LogP contribution in [0.5, 0.6) is 17.2 Å². The van der Waals surface area contributed by atoms with Gasteiger partial charge in [0.05, 0.1) is 38.0 Å². The van der Waals surface area contributed by atoms with Gasteiger partial charge < -0.3 is 19.3 Å². The number of nitrogens with zero attached hydrogens (tertiary/aromatic N) is 1. The van der Waals surface area contributed by atoms with Crippen LogP contribution in [0.1, 0.15) is 35.2 Å². The number of amides is 1. The summed E-state index contributed by atoms with van der Waals surface area (Å²) in [4.78, 5) is 28.4. The molecule has 1 unspecified atom stereocenters. The predicted octanol–water partition coefficient (Wildman–Crippen LogP) is 5.35. The minimum atomic E-state index is -0.901. The van der Waals surface area contributed by atoms with Crippen molar-refractivity contribution in [3.8, 4) is 17.2 Å². The molecule has 0 aromatic heterocycles. The number of anilines is 1. The molecule has 0 aliphatic carbocycles. The van der Waals surface area contributed by atoms with Crippen LogP contribution in [0.3, 0.4) is 0 Å². The van der Waals surface area contributed by atoms with E-state index in [0.29, 0.717) is 40.7 Å². The average Bonchev–Trinajstić information content (AvgIpc) is 3.15. The lowest BCUT2D eigenvalue weighted by Gasteiger charge is -2.26. The van der Waals surface area contributed by atoms with E-state index >= 15 is 0 Å². The number of ether oxygens (including phenoxy) is 3. The van der Waals surface area contributed by atoms with Crippen molar-refractivity contribution in [1.82, 2.24) is 0 Å². The van der Waals surface area contributed by atoms with E-state index in [2.05, 4.69) is 0 Å². The topological polar surface area (TPSA) is 85.3 Å². The van der Waals surface area contributed by atoms with E-state index in [9.17, 15) is 14.7 Å². The maximum Gasteiger partial charge on any atom is 0.300 e. The van der Waals surface area contributed by atoms with Crippen molar-refractivity contribution in [1.29, 1.82) is 0 Å². The van der Waals surface area contributed by atoms with Crippen LogP contribution in [-0.4, -0.2) is 37.6 Å². The summed E-state index contributed by atoms with van der Waals surface area (Å²) in [5.41, 5.74) is 3.47. The summed E-state index contributed by atoms with van der Waals surface area (Å²) < 4.78 is 16.6. The largest absolute Gasteiger partial charge is 0.507 e. The number of aliphatic hydroxyl groups is 1. The molecule has 4 rings (SSSR count). The number of para-hydroxylation sites is 1. The average molecular weight is 488 g/mol. The van der Waals surface area contributed by atoms with Gasteiger partial charge in [-0.3, -0.25) is 14.5 Å². The zero-order valence-electron chi connectivity index (χ0n) is 21.0. The van der Waals surface area contributed by atoms with Gasteiger partial charge in [-0.05, 0) is 73.9 Å². The molecule has 3 aromatic carbocycles. The molecule has 7 heteroatoms. The van der Waals surface area contributed by atoms with E-state index in [-0.39, 0.29) is 11.3 Å². The minimum Gasteiger partial charge on any atom is -0.507 e. The molecule has 1 aliphatic heterocycles. The molecule has 1 amide bonds. The van der Waals surface area contributed by atoms with E-state index in [1.54, 1.807) is 55.6 Å². The molecule has 1 heterocycles. The number of rotatable bonds is 7. The molecular weight excluding hydrogens is 458 g/mol. The van der Waals surface area contributed by atoms with Crippen LogP contribution in [0.15, 0.2) is 66.2 Å². The second kappa shape index (κ2) is 10.2. The second-order valence-corrected chi connectivity index (χ2v) is 8.48. The number of carbonyl (C=O) groups excluding carboxylic acids is 2. The highest BCUT2D eigenvalue weighted by atomic mass is 16.5. The molecule has 36 heavy (non-hydrogen) atoms. The number of carbonyl (C=O) groups is 2. The van der Waals surface area contributed by atoms with E-state index in [0.717, 1.165) is 11.1 Å². The lowest BCUT2D eigenvalue weighted by atomic mass is 9.94. The van der Waals surface area contributed by atoms with Gasteiger partial charge in [0, 0.05) is 5.69 Å². The van der Waals surface area contributed by atoms with Crippen molar-refractivity contribution in [2.75, 3.05) is 25.7 Å². The van der Waals surface area contributed by atoms with Crippen molar-refractivity contribution in [3.63, 3.8) is 0 Å². The SMILES string of the molecule is CCOc1cc(C2/C(=C(\O)c3ccccc3OC)C(=O)C(=O)N2c2ccc(C)c(C)c2)ccc1OC. The Hall–Kier alpha value is -4.26. The smallest absolute Gasteiger partial charge is 0.300 e. The van der Waals surface area contributed by atoms with E-state index < -0.39 is 17.7 Å². The highest BCUT2D eigenvalue weighted by Crippen LogP contribution is 2.45. The van der Waals surface area contributed by atoms with E-state index in [4.69, 9.17) is 14.2 Å². The number of hydrogen-bond donors (Lipinski definition) is 1. The van der Waals surface area contributed by atoms with Gasteiger partial charge in [-0.15, -0.1) is 0 Å². The normalized spacial score (nSPS) is 16.8. The van der Waals surface area contributed by atoms with Gasteiger partial charge in [-0.1, -0.05) is 24.3 Å². The molecule has 1 fully saturated rings. The van der Waals surface area contributed by atoms with E-state index in [1.165, 1.54) is 12.0 Å². The minimum absolute atomic E-state index is 0.0321. The molecule has 0 radical (unpaired) electrons. The second-order valence-electron chi connectivity index (χ2n) is 8.48. The van der Waals surface area contributed by atoms with Gasteiger partial charge >= 0.3 is 0 Å². The highest BCUT2D eigenvalue weighted by Gasteiger charge is 2.47. The number of hydrogen-bond acceptors (Lipinski definition) is 6. The fourth-order valence-electron chi connectivity index (χ4n) is 4.41. The summed E-state index contributed by atoms with van der Waals surface area (Å²) in [7, 11) is 3.02. The van der Waals surface area contributed by atoms with Crippen LogP contribution in [0.25, 0.3) is 5.76 Å². The van der Waals surface area contributed by atoms with Crippen molar-refractivity contribution >= 4 is 23.1 Å². The maximum atomic E-state index is 13.5. The lowest BCUT2D eigenvalue weighted by molar-refractivity contribution is -0.132. The monoisotopic (exact) mass is 487 g/mol. The third kappa shape index (κ3) is 4.28. The first-order valence-corrected chi connectivity index (χ1v) is 11.6. The number of ketones is 1. The molecule has 186 valence electrons. The Bertz CT molecular complexity index is 1360. The van der Waals surface area contributed by atoms with Crippen LogP contribution < -0.4 is 19.1 Å². The molecule has 0 bridgehead atoms. The molecule has 3 aromatic rings. The molecule has 1 saturated heterocycles. The summed E-state index contributed by atoms with van der Waals surface area (Å²) >= 11 is 0. The van der Waals surface area contributed by atoms with Crippen molar-refractivity contribution in [3.05, 3.63) is 88.5 Å². The van der Waals surface area contributed by atoms with Gasteiger partial charge in [0.15, 0.2) is 11.5 Å². The molecule has 1 N–H and O–H groups in total. The van der Waals surface area contributed by atoms with Crippen molar-refractivity contribution in [2.45, 2.75) is 26.8 Å². The predicted molar refractivity (Wildman–Crippen MR) is 138 cm³/mol. The zero-order chi connectivity index (χ0) is 26.0. The Morgan fingerprint density at radius 2 is 1.61 bits per heavy atom. The lowest BCUT2D eigenvalue weighted by Crippen LogP contribution is -2.29. The Morgan fingerprint density at radius 3 is 2.28 bits per heavy atom. The standard InChI is InChI=1S/C29H29NO6/c1-6-36-24-16-19(12-14-23(24)35-5)26-25(27(31)21-9-7-8-10-22(21)34-4)28(32)29(33)30(26)20-13-11-17(2)18(3)15-20/h7-16,26,31H,6H2,1-5H3/b27-25+. The van der Waals surface area contributed by atoms with Crippen LogP contribution in [0, 0.1) is 13.8 Å². The summed E-state index contributed by atoms with van der Waals surface area (Å²) in [6.07, 6.45) is 0. The van der Waals surface area contributed by atoms with Crippen LogP contribution in [-0.2, 0) is 9.59 Å². The molecule has 7 nitrogen and oxygen atoms in total. The van der Waals surface area contributed by atoms with Crippen LogP contribution in [0.4, 0.5) is 5.69 Å². The number of aliphatic hydroxyl groups excluding tert-OH is 1. The molecule has 1 aliphatic rings. The van der Waals surface area contributed by atoms with Gasteiger partial charge in [-0.25, -0.2) is 0 Å². The summed E-state index contributed by atoms with van der Waals surface area (Å²) in [6, 6.07) is 16.7. The third-order valence-corrected chi connectivity index (χ3v) is 6.38. The number of aryl methyl sites for hydroxylation is 2. The molecule has 0 spiro atoms. The highest BCUT2D eigenvalue weighted by molar-refractivity contribution is 6.51. The summed E-state index contributed by atoms with van der Waals surface area (Å²) in [6.45, 7) is 6.18. The van der Waals surface area contributed by atoms with Crippen molar-refractivity contribution < 1.29 is 28.9 Å². The quantitative estimate of drug-likeness (QED) is 0.275. The maximum absolute atomic E-state index is 13.5. The first-order chi connectivity index (χ1) is 17.3. The fourth-order valence-corrected chi connectivity index (χ4v) is 4.41. The Balaban J connectivity index is 2.00. The first-order valence-electron chi connectivity index (χ1n) is 11.6. The Kier molecular flexibility index (Phi) is 7.01. The van der Waals surface area contributed by atoms with Crippen molar-refractivity contribution in [2.24, 2.45) is 0 Å². The molecule has 1 atom stereocenters. The number of Topliss-reactive ketones (excluding diaryl/α,β-unsaturated/α-hetero) is 1. The number of methoxy groups -OCH3 is 2. The van der Waals surface area contributed by atoms with Gasteiger partial charge in [0.2, 0.25) is 0 Å². The Labute approximate surface area is 210 Å². The van der Waals surface area contributed by atoms with Gasteiger partial charge in [0.25, 0.3) is 11.7 Å². The fraction of sp³-hybridized carbons (Fsp3) is 0.241. The van der Waals surface area contributed by atoms with Crippen LogP contribution in [0.2, 0.25) is 0 Å². The number of benzene rings is 3. The summed E-state index contributed by atoms with van der Waals surface area (Å²) in [5, 5.41) is 11.4. The molecule has 0 saturated carbocycles. The zero-order valence-corrected chi connectivity index (χ0v) is 21.0. The summed E-state index contributed by atoms with van der Waals surface area (Å²) in [5.74, 6) is -0.440. The first kappa shape index (κ1) is 24.9. The molecular formula is C29H29NO6. The van der Waals surface area contributed by atoms with Gasteiger partial charge in [-0.2, -0.15) is 0 Å².